The van der Waals surface area contributed by atoms with Crippen LogP contribution in [0.5, 0.6) is 5.75 Å². The normalized spacial score (nSPS) is 19.8. The molecule has 0 spiro atoms. The standard InChI is InChI=1S/C32H35ClN8O4/c1-45-27-9-8-25(41-22-35-37-38-41)20-26(27)29(42)40-18-11-31(21-40,23-5-4-6-24(33)19-23)10-15-39-16-12-32(13-17-39,30(43)36-44)28-7-2-3-14-34-28/h2-9,14,19-20,22,44H,10-13,15-18,21H2,1H3,(H,36,43). The van der Waals surface area contributed by atoms with Gasteiger partial charge in [-0.25, -0.2) is 10.2 Å². The van der Waals surface area contributed by atoms with Crippen LogP contribution in [0.15, 0.2) is 73.2 Å². The number of rotatable bonds is 9. The van der Waals surface area contributed by atoms with Crippen LogP contribution in [-0.4, -0.2) is 91.8 Å². The maximum atomic E-state index is 14.0. The summed E-state index contributed by atoms with van der Waals surface area (Å²) in [5.41, 5.74) is 3.53. The second-order valence-corrected chi connectivity index (χ2v) is 12.2. The van der Waals surface area contributed by atoms with E-state index in [0.717, 1.165) is 24.9 Å². The summed E-state index contributed by atoms with van der Waals surface area (Å²) in [5.74, 6) is -0.0757. The van der Waals surface area contributed by atoms with Crippen molar-refractivity contribution in [2.24, 2.45) is 0 Å². The van der Waals surface area contributed by atoms with Crippen LogP contribution in [0.25, 0.3) is 5.69 Å². The van der Waals surface area contributed by atoms with Crippen molar-refractivity contribution < 1.29 is 19.5 Å². The molecule has 1 unspecified atom stereocenters. The van der Waals surface area contributed by atoms with Gasteiger partial charge in [0.15, 0.2) is 0 Å². The molecule has 2 N–H and O–H groups in total. The first-order valence-electron chi connectivity index (χ1n) is 14.9. The number of hydrogen-bond donors (Lipinski definition) is 2. The summed E-state index contributed by atoms with van der Waals surface area (Å²) in [5, 5.41) is 21.6. The molecule has 4 aromatic rings. The molecule has 234 valence electrons. The smallest absolute Gasteiger partial charge is 0.257 e. The number of benzene rings is 2. The number of carbonyl (C=O) groups is 2. The Bertz CT molecular complexity index is 1650. The summed E-state index contributed by atoms with van der Waals surface area (Å²) < 4.78 is 7.07. The highest BCUT2D eigenvalue weighted by Crippen LogP contribution is 2.41. The number of tetrazole rings is 1. The minimum atomic E-state index is -0.885. The lowest BCUT2D eigenvalue weighted by molar-refractivity contribution is -0.137. The number of halogens is 1. The van der Waals surface area contributed by atoms with Crippen LogP contribution in [0.1, 0.15) is 47.3 Å². The van der Waals surface area contributed by atoms with Crippen LogP contribution in [0.4, 0.5) is 0 Å². The summed E-state index contributed by atoms with van der Waals surface area (Å²) in [6, 6.07) is 18.7. The fourth-order valence-corrected chi connectivity index (χ4v) is 6.98. The van der Waals surface area contributed by atoms with Crippen molar-refractivity contribution in [3.63, 3.8) is 0 Å². The van der Waals surface area contributed by atoms with Crippen LogP contribution in [0.2, 0.25) is 5.02 Å². The maximum Gasteiger partial charge on any atom is 0.257 e. The number of nitrogens with zero attached hydrogens (tertiary/aromatic N) is 7. The number of ether oxygens (including phenoxy) is 1. The van der Waals surface area contributed by atoms with Gasteiger partial charge in [-0.15, -0.1) is 5.10 Å². The third kappa shape index (κ3) is 6.00. The molecule has 12 nitrogen and oxygen atoms in total. The van der Waals surface area contributed by atoms with E-state index in [0.29, 0.717) is 66.7 Å². The molecule has 0 radical (unpaired) electrons. The predicted octanol–water partition coefficient (Wildman–Crippen LogP) is 3.43. The molecule has 2 fully saturated rings. The van der Waals surface area contributed by atoms with Crippen molar-refractivity contribution in [3.05, 3.63) is 95.0 Å². The summed E-state index contributed by atoms with van der Waals surface area (Å²) in [7, 11) is 1.55. The molecule has 0 aliphatic carbocycles. The quantitative estimate of drug-likeness (QED) is 0.210. The number of likely N-dealkylation sites (tertiary alicyclic amines) is 2. The Morgan fingerprint density at radius 2 is 1.89 bits per heavy atom. The lowest BCUT2D eigenvalue weighted by Crippen LogP contribution is -2.52. The zero-order valence-electron chi connectivity index (χ0n) is 25.0. The van der Waals surface area contributed by atoms with E-state index in [-0.39, 0.29) is 11.3 Å². The first kappa shape index (κ1) is 30.6. The second kappa shape index (κ2) is 12.9. The van der Waals surface area contributed by atoms with Gasteiger partial charge in [0.2, 0.25) is 0 Å². The summed E-state index contributed by atoms with van der Waals surface area (Å²) in [6.45, 7) is 3.19. The van der Waals surface area contributed by atoms with Crippen LogP contribution >= 0.6 is 11.6 Å². The van der Waals surface area contributed by atoms with E-state index in [1.165, 1.54) is 11.0 Å². The van der Waals surface area contributed by atoms with Crippen molar-refractivity contribution in [3.8, 4) is 11.4 Å². The van der Waals surface area contributed by atoms with E-state index >= 15 is 0 Å². The Morgan fingerprint density at radius 3 is 2.58 bits per heavy atom. The van der Waals surface area contributed by atoms with Gasteiger partial charge in [0.1, 0.15) is 12.1 Å². The molecule has 0 saturated carbocycles. The molecule has 2 amide bonds. The van der Waals surface area contributed by atoms with E-state index in [4.69, 9.17) is 16.3 Å². The molecule has 13 heteroatoms. The number of pyridine rings is 1. The maximum absolute atomic E-state index is 14.0. The van der Waals surface area contributed by atoms with Crippen molar-refractivity contribution in [1.29, 1.82) is 0 Å². The van der Waals surface area contributed by atoms with Crippen molar-refractivity contribution in [1.82, 2.24) is 40.5 Å². The van der Waals surface area contributed by atoms with Gasteiger partial charge in [0, 0.05) is 29.7 Å². The largest absolute Gasteiger partial charge is 0.496 e. The zero-order valence-corrected chi connectivity index (χ0v) is 25.7. The highest BCUT2D eigenvalue weighted by molar-refractivity contribution is 6.30. The number of hydroxylamine groups is 1. The fraction of sp³-hybridized carbons (Fsp3) is 0.375. The van der Waals surface area contributed by atoms with Gasteiger partial charge in [-0.3, -0.25) is 19.8 Å². The summed E-state index contributed by atoms with van der Waals surface area (Å²) in [4.78, 5) is 35.6. The minimum Gasteiger partial charge on any atom is -0.496 e. The third-order valence-corrected chi connectivity index (χ3v) is 9.65. The molecular weight excluding hydrogens is 596 g/mol. The molecule has 0 bridgehead atoms. The van der Waals surface area contributed by atoms with Gasteiger partial charge in [-0.2, -0.15) is 0 Å². The number of carbonyl (C=O) groups excluding carboxylic acids is 2. The van der Waals surface area contributed by atoms with E-state index in [1.54, 1.807) is 31.5 Å². The second-order valence-electron chi connectivity index (χ2n) is 11.7. The van der Waals surface area contributed by atoms with Crippen molar-refractivity contribution in [2.45, 2.75) is 36.5 Å². The zero-order chi connectivity index (χ0) is 31.4. The highest BCUT2D eigenvalue weighted by Gasteiger charge is 2.46. The fourth-order valence-electron chi connectivity index (χ4n) is 6.79. The number of piperidine rings is 1. The van der Waals surface area contributed by atoms with Crippen molar-refractivity contribution >= 4 is 23.4 Å². The molecule has 2 aliphatic rings. The molecule has 2 aliphatic heterocycles. The average molecular weight is 631 g/mol. The van der Waals surface area contributed by atoms with Gasteiger partial charge in [-0.05, 0) is 104 Å². The van der Waals surface area contributed by atoms with E-state index in [1.807, 2.05) is 46.8 Å². The molecule has 4 heterocycles. The molecule has 2 aromatic heterocycles. The molecular formula is C32H35ClN8O4. The van der Waals surface area contributed by atoms with Crippen LogP contribution in [0, 0.1) is 0 Å². The monoisotopic (exact) mass is 630 g/mol. The van der Waals surface area contributed by atoms with Gasteiger partial charge < -0.3 is 14.5 Å². The SMILES string of the molecule is COc1ccc(-n2cnnn2)cc1C(=O)N1CCC(CCN2CCC(C(=O)NO)(c3ccccn3)CC2)(c2cccc(Cl)c2)C1. The topological polar surface area (TPSA) is 139 Å². The molecule has 2 aromatic carbocycles. The number of amides is 2. The third-order valence-electron chi connectivity index (χ3n) is 9.41. The van der Waals surface area contributed by atoms with E-state index < -0.39 is 11.3 Å². The molecule has 2 saturated heterocycles. The summed E-state index contributed by atoms with van der Waals surface area (Å²) >= 11 is 6.48. The van der Waals surface area contributed by atoms with Gasteiger partial charge in [-0.1, -0.05) is 29.8 Å². The lowest BCUT2D eigenvalue weighted by Gasteiger charge is -2.41. The Hall–Kier alpha value is -4.39. The predicted molar refractivity (Wildman–Crippen MR) is 165 cm³/mol. The highest BCUT2D eigenvalue weighted by atomic mass is 35.5. The van der Waals surface area contributed by atoms with Gasteiger partial charge >= 0.3 is 0 Å². The Labute approximate surface area is 265 Å². The van der Waals surface area contributed by atoms with Crippen LogP contribution < -0.4 is 10.2 Å². The van der Waals surface area contributed by atoms with E-state index in [2.05, 4.69) is 31.5 Å². The van der Waals surface area contributed by atoms with Gasteiger partial charge in [0.05, 0.1) is 29.5 Å². The Balaban J connectivity index is 1.21. The molecule has 1 atom stereocenters. The molecule has 45 heavy (non-hydrogen) atoms. The van der Waals surface area contributed by atoms with Gasteiger partial charge in [0.25, 0.3) is 11.8 Å². The average Bonchev–Trinajstić information content (AvgIpc) is 3.79. The van der Waals surface area contributed by atoms with E-state index in [9.17, 15) is 14.8 Å². The van der Waals surface area contributed by atoms with Crippen LogP contribution in [0.3, 0.4) is 0 Å². The minimum absolute atomic E-state index is 0.126. The van der Waals surface area contributed by atoms with Crippen molar-refractivity contribution in [2.75, 3.05) is 39.8 Å². The Morgan fingerprint density at radius 1 is 1.04 bits per heavy atom. The lowest BCUT2D eigenvalue weighted by atomic mass is 9.73. The number of aromatic nitrogens is 5. The first-order chi connectivity index (χ1) is 21.9. The Kier molecular flexibility index (Phi) is 8.79. The first-order valence-corrected chi connectivity index (χ1v) is 15.3. The summed E-state index contributed by atoms with van der Waals surface area (Å²) in [6.07, 6.45) is 5.78. The molecule has 6 rings (SSSR count). The number of methoxy groups -OCH3 is 1. The number of hydrogen-bond acceptors (Lipinski definition) is 9. The number of nitrogens with one attached hydrogen (secondary N) is 1. The van der Waals surface area contributed by atoms with Crippen LogP contribution in [-0.2, 0) is 15.6 Å².